The second-order valence-corrected chi connectivity index (χ2v) is 8.49. The Balaban J connectivity index is 0.000000493. The number of rotatable bonds is 8. The number of carbonyl (C=O) groups excluding carboxylic acids is 1. The molecule has 10 nitrogen and oxygen atoms in total. The molecule has 1 atom stereocenters. The molecule has 1 saturated heterocycles. The number of nitrogens with zero attached hydrogens (tertiary/aromatic N) is 1. The van der Waals surface area contributed by atoms with Crippen molar-refractivity contribution in [2.45, 2.75) is 12.6 Å². The first kappa shape index (κ1) is 28.9. The Bertz CT molecular complexity index is 1080. The summed E-state index contributed by atoms with van der Waals surface area (Å²) in [6, 6.07) is 10.9. The number of amides is 1. The van der Waals surface area contributed by atoms with Gasteiger partial charge in [-0.15, -0.1) is 0 Å². The fourth-order valence-electron chi connectivity index (χ4n) is 3.26. The molecule has 0 radical (unpaired) electrons. The van der Waals surface area contributed by atoms with Crippen LogP contribution in [0.1, 0.15) is 15.9 Å². The maximum Gasteiger partial charge on any atom is 0.328 e. The number of carbonyl (C=O) groups is 3. The van der Waals surface area contributed by atoms with Crippen LogP contribution in [-0.2, 0) is 20.9 Å². The number of nitrogens with two attached hydrogens (primary N) is 1. The van der Waals surface area contributed by atoms with Gasteiger partial charge in [0.15, 0.2) is 0 Å². The van der Waals surface area contributed by atoms with Gasteiger partial charge in [-0.2, -0.15) is 0 Å². The standard InChI is InChI=1S/C20H23Cl2N3O3.C4H4O4/c1-27-19-9-18(23)17(22)8-16(19)20(26)24-10-15-12-25(6-7-28-15)11-13-2-4-14(21)5-3-13;5-3(6)1-2-4(7)8/h2-5,8-9,15H,6-7,10-12,23H2,1H3,(H,24,26);1-2H,(H,5,6)(H,7,8)/b;2-1+. The van der Waals surface area contributed by atoms with Gasteiger partial charge in [0.25, 0.3) is 5.91 Å². The van der Waals surface area contributed by atoms with E-state index in [0.29, 0.717) is 47.3 Å². The van der Waals surface area contributed by atoms with Crippen LogP contribution in [-0.4, -0.2) is 72.4 Å². The van der Waals surface area contributed by atoms with Crippen LogP contribution >= 0.6 is 23.2 Å². The second kappa shape index (κ2) is 14.3. The monoisotopic (exact) mass is 539 g/mol. The molecule has 194 valence electrons. The third kappa shape index (κ3) is 9.74. The Morgan fingerprint density at radius 3 is 2.39 bits per heavy atom. The number of aliphatic carboxylic acids is 2. The lowest BCUT2D eigenvalue weighted by atomic mass is 10.1. The molecule has 0 spiro atoms. The van der Waals surface area contributed by atoms with Gasteiger partial charge in [-0.3, -0.25) is 9.69 Å². The minimum absolute atomic E-state index is 0.0970. The van der Waals surface area contributed by atoms with E-state index in [-0.39, 0.29) is 12.0 Å². The van der Waals surface area contributed by atoms with Crippen molar-refractivity contribution < 1.29 is 34.1 Å². The molecule has 0 saturated carbocycles. The van der Waals surface area contributed by atoms with Crippen molar-refractivity contribution in [2.75, 3.05) is 39.1 Å². The fraction of sp³-hybridized carbons (Fsp3) is 0.292. The average molecular weight is 540 g/mol. The highest BCUT2D eigenvalue weighted by Gasteiger charge is 2.22. The van der Waals surface area contributed by atoms with Crippen molar-refractivity contribution in [3.05, 3.63) is 69.7 Å². The third-order valence-electron chi connectivity index (χ3n) is 4.96. The molecule has 2 aromatic rings. The molecule has 1 heterocycles. The molecule has 1 amide bonds. The Hall–Kier alpha value is -3.31. The van der Waals surface area contributed by atoms with E-state index in [2.05, 4.69) is 10.2 Å². The Labute approximate surface area is 218 Å². The Morgan fingerprint density at radius 1 is 1.17 bits per heavy atom. The fourth-order valence-corrected chi connectivity index (χ4v) is 3.54. The van der Waals surface area contributed by atoms with E-state index in [1.165, 1.54) is 18.7 Å². The van der Waals surface area contributed by atoms with Gasteiger partial charge in [0.2, 0.25) is 0 Å². The molecule has 0 aliphatic carbocycles. The summed E-state index contributed by atoms with van der Waals surface area (Å²) >= 11 is 12.0. The molecule has 0 aromatic heterocycles. The average Bonchev–Trinajstić information content (AvgIpc) is 2.84. The summed E-state index contributed by atoms with van der Waals surface area (Å²) in [5.74, 6) is -2.41. The molecule has 5 N–H and O–H groups in total. The normalized spacial score (nSPS) is 15.6. The maximum absolute atomic E-state index is 12.6. The minimum Gasteiger partial charge on any atom is -0.496 e. The molecule has 1 aliphatic heterocycles. The molecule has 3 rings (SSSR count). The number of morpholine rings is 1. The Kier molecular flexibility index (Phi) is 11.5. The summed E-state index contributed by atoms with van der Waals surface area (Å²) in [6.45, 7) is 3.38. The van der Waals surface area contributed by atoms with Crippen LogP contribution in [0.4, 0.5) is 5.69 Å². The first-order valence-corrected chi connectivity index (χ1v) is 11.5. The summed E-state index contributed by atoms with van der Waals surface area (Å²) in [5, 5.41) is 19.6. The summed E-state index contributed by atoms with van der Waals surface area (Å²) < 4.78 is 11.0. The van der Waals surface area contributed by atoms with Gasteiger partial charge in [0.1, 0.15) is 5.75 Å². The maximum atomic E-state index is 12.6. The van der Waals surface area contributed by atoms with Gasteiger partial charge < -0.3 is 30.7 Å². The van der Waals surface area contributed by atoms with Gasteiger partial charge in [0.05, 0.1) is 36.1 Å². The second-order valence-electron chi connectivity index (χ2n) is 7.65. The van der Waals surface area contributed by atoms with E-state index >= 15 is 0 Å². The molecule has 1 fully saturated rings. The quantitative estimate of drug-likeness (QED) is 0.293. The highest BCUT2D eigenvalue weighted by Crippen LogP contribution is 2.28. The number of halogens is 2. The predicted octanol–water partition coefficient (Wildman–Crippen LogP) is 2.93. The number of benzene rings is 2. The van der Waals surface area contributed by atoms with Crippen molar-refractivity contribution >= 4 is 46.7 Å². The lowest BCUT2D eigenvalue weighted by Gasteiger charge is -2.33. The van der Waals surface area contributed by atoms with E-state index in [4.69, 9.17) is 48.6 Å². The number of nitrogen functional groups attached to an aromatic ring is 1. The summed E-state index contributed by atoms with van der Waals surface area (Å²) in [5.41, 5.74) is 7.66. The topological polar surface area (TPSA) is 151 Å². The molecule has 1 aliphatic rings. The molecule has 36 heavy (non-hydrogen) atoms. The summed E-state index contributed by atoms with van der Waals surface area (Å²) in [4.78, 5) is 34.0. The van der Waals surface area contributed by atoms with Gasteiger partial charge in [-0.25, -0.2) is 9.59 Å². The van der Waals surface area contributed by atoms with Crippen molar-refractivity contribution in [3.8, 4) is 5.75 Å². The van der Waals surface area contributed by atoms with Gasteiger partial charge in [-0.05, 0) is 23.8 Å². The van der Waals surface area contributed by atoms with Crippen LogP contribution in [0.15, 0.2) is 48.6 Å². The Morgan fingerprint density at radius 2 is 1.81 bits per heavy atom. The van der Waals surface area contributed by atoms with Crippen LogP contribution in [0.25, 0.3) is 0 Å². The summed E-state index contributed by atoms with van der Waals surface area (Å²) in [7, 11) is 1.48. The van der Waals surface area contributed by atoms with E-state index in [1.807, 2.05) is 24.3 Å². The van der Waals surface area contributed by atoms with Gasteiger partial charge in [-0.1, -0.05) is 35.3 Å². The zero-order valence-electron chi connectivity index (χ0n) is 19.4. The number of hydrogen-bond acceptors (Lipinski definition) is 7. The molecule has 1 unspecified atom stereocenters. The minimum atomic E-state index is -1.26. The molecule has 0 bridgehead atoms. The van der Waals surface area contributed by atoms with Crippen molar-refractivity contribution in [3.63, 3.8) is 0 Å². The first-order valence-electron chi connectivity index (χ1n) is 10.7. The van der Waals surface area contributed by atoms with E-state index in [9.17, 15) is 14.4 Å². The number of carboxylic acids is 2. The van der Waals surface area contributed by atoms with Crippen molar-refractivity contribution in [2.24, 2.45) is 0 Å². The predicted molar refractivity (Wildman–Crippen MR) is 136 cm³/mol. The molecule has 2 aromatic carbocycles. The molecular weight excluding hydrogens is 513 g/mol. The highest BCUT2D eigenvalue weighted by atomic mass is 35.5. The summed E-state index contributed by atoms with van der Waals surface area (Å²) in [6.07, 6.45) is 1.02. The third-order valence-corrected chi connectivity index (χ3v) is 5.54. The number of ether oxygens (including phenoxy) is 2. The van der Waals surface area contributed by atoms with Crippen LogP contribution < -0.4 is 15.8 Å². The highest BCUT2D eigenvalue weighted by molar-refractivity contribution is 6.33. The lowest BCUT2D eigenvalue weighted by molar-refractivity contribution is -0.134. The number of anilines is 1. The smallest absolute Gasteiger partial charge is 0.328 e. The SMILES string of the molecule is COc1cc(N)c(Cl)cc1C(=O)NCC1CN(Cc2ccc(Cl)cc2)CCO1.O=C(O)/C=C/C(=O)O. The van der Waals surface area contributed by atoms with Gasteiger partial charge >= 0.3 is 11.9 Å². The van der Waals surface area contributed by atoms with E-state index in [1.54, 1.807) is 6.07 Å². The van der Waals surface area contributed by atoms with Crippen LogP contribution in [0.3, 0.4) is 0 Å². The van der Waals surface area contributed by atoms with E-state index < -0.39 is 11.9 Å². The molecular formula is C24H27Cl2N3O7. The largest absolute Gasteiger partial charge is 0.496 e. The molecule has 12 heteroatoms. The van der Waals surface area contributed by atoms with Crippen LogP contribution in [0, 0.1) is 0 Å². The van der Waals surface area contributed by atoms with Gasteiger partial charge in [0, 0.05) is 49.4 Å². The van der Waals surface area contributed by atoms with E-state index in [0.717, 1.165) is 24.7 Å². The zero-order chi connectivity index (χ0) is 26.7. The van der Waals surface area contributed by atoms with Crippen molar-refractivity contribution in [1.82, 2.24) is 10.2 Å². The number of nitrogens with one attached hydrogen (secondary N) is 1. The number of methoxy groups -OCH3 is 1. The first-order chi connectivity index (χ1) is 17.1. The zero-order valence-corrected chi connectivity index (χ0v) is 21.0. The number of hydrogen-bond donors (Lipinski definition) is 4. The van der Waals surface area contributed by atoms with Crippen LogP contribution in [0.5, 0.6) is 5.75 Å². The number of carboxylic acid groups (broad SMARTS) is 2. The lowest BCUT2D eigenvalue weighted by Crippen LogP contribution is -2.47. The van der Waals surface area contributed by atoms with Crippen molar-refractivity contribution in [1.29, 1.82) is 0 Å². The van der Waals surface area contributed by atoms with Crippen LogP contribution in [0.2, 0.25) is 10.0 Å².